The Kier molecular flexibility index (Phi) is 7.63. The third kappa shape index (κ3) is 7.12. The predicted octanol–water partition coefficient (Wildman–Crippen LogP) is 1.78. The Bertz CT molecular complexity index is 297. The van der Waals surface area contributed by atoms with Gasteiger partial charge in [0.05, 0.1) is 5.71 Å². The Morgan fingerprint density at radius 3 is 1.89 bits per heavy atom. The summed E-state index contributed by atoms with van der Waals surface area (Å²) in [7, 11) is 0. The topological polar surface area (TPSA) is 92.1 Å². The summed E-state index contributed by atoms with van der Waals surface area (Å²) in [6.07, 6.45) is 0. The normalized spacial score (nSPS) is 17.4. The van der Waals surface area contributed by atoms with E-state index in [0.29, 0.717) is 11.4 Å². The molecule has 0 rings (SSSR count). The summed E-state index contributed by atoms with van der Waals surface area (Å²) in [4.78, 5) is 0. The standard InChI is InChI=1S/C13H28N4O2/c1-9(11(3)16-18)14-7-13(5,6)8-15-10(2)12(4)17-19/h9-10,14-15,18-19H,7-8H2,1-6H3/p-1/b16-11-,17-12+. The molecule has 0 saturated carbocycles. The molecule has 0 aromatic rings. The number of nitrogens with one attached hydrogen (secondary N) is 2. The molecule has 0 radical (unpaired) electrons. The minimum absolute atomic E-state index is 0.0153. The minimum Gasteiger partial charge on any atom is -0.792 e. The van der Waals surface area contributed by atoms with Crippen LogP contribution in [0.1, 0.15) is 41.5 Å². The fourth-order valence-corrected chi connectivity index (χ4v) is 1.38. The van der Waals surface area contributed by atoms with E-state index in [0.717, 1.165) is 13.1 Å². The van der Waals surface area contributed by atoms with Gasteiger partial charge in [0, 0.05) is 30.9 Å². The van der Waals surface area contributed by atoms with Crippen molar-refractivity contribution in [2.75, 3.05) is 13.1 Å². The van der Waals surface area contributed by atoms with E-state index in [-0.39, 0.29) is 17.5 Å². The van der Waals surface area contributed by atoms with E-state index >= 15 is 0 Å². The molecule has 2 unspecified atom stereocenters. The molecule has 0 fully saturated rings. The van der Waals surface area contributed by atoms with Crippen LogP contribution in [0.4, 0.5) is 0 Å². The second-order valence-corrected chi connectivity index (χ2v) is 5.84. The fraction of sp³-hybridized carbons (Fsp3) is 0.846. The molecule has 0 heterocycles. The summed E-state index contributed by atoms with van der Waals surface area (Å²) >= 11 is 0. The van der Waals surface area contributed by atoms with E-state index in [9.17, 15) is 5.21 Å². The molecule has 0 aromatic carbocycles. The molecule has 0 aliphatic heterocycles. The maximum absolute atomic E-state index is 10.4. The van der Waals surface area contributed by atoms with Crippen LogP contribution in [-0.4, -0.2) is 41.8 Å². The van der Waals surface area contributed by atoms with Gasteiger partial charge < -0.3 is 26.2 Å². The van der Waals surface area contributed by atoms with Crippen molar-refractivity contribution in [3.05, 3.63) is 5.21 Å². The molecule has 0 bridgehead atoms. The highest BCUT2D eigenvalue weighted by Gasteiger charge is 2.20. The second-order valence-electron chi connectivity index (χ2n) is 5.84. The third-order valence-electron chi connectivity index (χ3n) is 3.33. The van der Waals surface area contributed by atoms with Crippen LogP contribution in [0.25, 0.3) is 0 Å². The molecule has 19 heavy (non-hydrogen) atoms. The number of oxime groups is 1. The van der Waals surface area contributed by atoms with Crippen LogP contribution in [0, 0.1) is 10.6 Å². The van der Waals surface area contributed by atoms with Gasteiger partial charge in [-0.2, -0.15) is 0 Å². The van der Waals surface area contributed by atoms with E-state index in [1.54, 1.807) is 13.8 Å². The highest BCUT2D eigenvalue weighted by molar-refractivity contribution is 5.87. The summed E-state index contributed by atoms with van der Waals surface area (Å²) in [6, 6.07) is 0.0153. The summed E-state index contributed by atoms with van der Waals surface area (Å²) in [5.41, 5.74) is 1.23. The van der Waals surface area contributed by atoms with Gasteiger partial charge in [-0.3, -0.25) is 0 Å². The molecule has 0 saturated heterocycles. The maximum Gasteiger partial charge on any atom is 0.0706 e. The molecule has 112 valence electrons. The fourth-order valence-electron chi connectivity index (χ4n) is 1.38. The van der Waals surface area contributed by atoms with Crippen LogP contribution in [0.3, 0.4) is 0 Å². The lowest BCUT2D eigenvalue weighted by Crippen LogP contribution is -2.46. The SMILES string of the molecule is C/C(=N/[O-])C(C)NCC(C)(C)CNC(C)/C(C)=N/O. The van der Waals surface area contributed by atoms with E-state index in [1.165, 1.54) is 0 Å². The van der Waals surface area contributed by atoms with Crippen LogP contribution >= 0.6 is 0 Å². The summed E-state index contributed by atoms with van der Waals surface area (Å²) in [6.45, 7) is 13.2. The first-order valence-corrected chi connectivity index (χ1v) is 6.55. The Morgan fingerprint density at radius 1 is 1.11 bits per heavy atom. The zero-order valence-corrected chi connectivity index (χ0v) is 12.8. The molecule has 0 spiro atoms. The summed E-state index contributed by atoms with van der Waals surface area (Å²) < 4.78 is 0. The molecule has 3 N–H and O–H groups in total. The van der Waals surface area contributed by atoms with Gasteiger partial charge in [-0.25, -0.2) is 0 Å². The van der Waals surface area contributed by atoms with Crippen molar-refractivity contribution in [3.8, 4) is 0 Å². The van der Waals surface area contributed by atoms with Crippen molar-refractivity contribution >= 4 is 11.4 Å². The zero-order chi connectivity index (χ0) is 15.1. The second kappa shape index (κ2) is 8.12. The van der Waals surface area contributed by atoms with Gasteiger partial charge in [-0.15, -0.1) is 0 Å². The average molecular weight is 271 g/mol. The molecule has 0 aliphatic rings. The van der Waals surface area contributed by atoms with Crippen LogP contribution in [0.15, 0.2) is 10.3 Å². The van der Waals surface area contributed by atoms with Gasteiger partial charge in [0.2, 0.25) is 0 Å². The van der Waals surface area contributed by atoms with Crippen molar-refractivity contribution < 1.29 is 5.21 Å². The van der Waals surface area contributed by atoms with E-state index in [1.807, 2.05) is 13.8 Å². The predicted molar refractivity (Wildman–Crippen MR) is 80.1 cm³/mol. The molecule has 0 aromatic heterocycles. The number of nitrogens with zero attached hydrogens (tertiary/aromatic N) is 2. The third-order valence-corrected chi connectivity index (χ3v) is 3.33. The Balaban J connectivity index is 4.19. The summed E-state index contributed by atoms with van der Waals surface area (Å²) in [5, 5.41) is 31.8. The van der Waals surface area contributed by atoms with Crippen molar-refractivity contribution in [1.29, 1.82) is 0 Å². The first kappa shape index (κ1) is 17.9. The van der Waals surface area contributed by atoms with Crippen LogP contribution in [0.5, 0.6) is 0 Å². The molecule has 6 heteroatoms. The Hall–Kier alpha value is -1.14. The number of rotatable bonds is 8. The van der Waals surface area contributed by atoms with Crippen LogP contribution in [0.2, 0.25) is 0 Å². The Morgan fingerprint density at radius 2 is 1.53 bits per heavy atom. The largest absolute Gasteiger partial charge is 0.792 e. The lowest BCUT2D eigenvalue weighted by Gasteiger charge is -2.29. The molecule has 2 atom stereocenters. The van der Waals surface area contributed by atoms with Crippen LogP contribution < -0.4 is 10.6 Å². The van der Waals surface area contributed by atoms with Gasteiger partial charge in [0.15, 0.2) is 0 Å². The lowest BCUT2D eigenvalue weighted by atomic mass is 9.92. The molecule has 0 amide bonds. The summed E-state index contributed by atoms with van der Waals surface area (Å²) in [5.74, 6) is 0. The number of hydrogen-bond donors (Lipinski definition) is 3. The van der Waals surface area contributed by atoms with Gasteiger partial charge in [0.25, 0.3) is 0 Å². The van der Waals surface area contributed by atoms with E-state index in [4.69, 9.17) is 5.21 Å². The van der Waals surface area contributed by atoms with Crippen molar-refractivity contribution in [2.24, 2.45) is 15.7 Å². The van der Waals surface area contributed by atoms with Crippen molar-refractivity contribution in [2.45, 2.75) is 53.6 Å². The first-order chi connectivity index (χ1) is 8.73. The maximum atomic E-state index is 10.4. The van der Waals surface area contributed by atoms with Crippen molar-refractivity contribution in [1.82, 2.24) is 10.6 Å². The van der Waals surface area contributed by atoms with E-state index < -0.39 is 0 Å². The van der Waals surface area contributed by atoms with Gasteiger partial charge in [-0.05, 0) is 33.1 Å². The molecule has 0 aliphatic carbocycles. The Labute approximate surface area is 116 Å². The van der Waals surface area contributed by atoms with Gasteiger partial charge in [-0.1, -0.05) is 19.0 Å². The molecule has 6 nitrogen and oxygen atoms in total. The van der Waals surface area contributed by atoms with Crippen LogP contribution in [-0.2, 0) is 0 Å². The highest BCUT2D eigenvalue weighted by Crippen LogP contribution is 2.12. The van der Waals surface area contributed by atoms with E-state index in [2.05, 4.69) is 34.8 Å². The van der Waals surface area contributed by atoms with Crippen molar-refractivity contribution in [3.63, 3.8) is 0 Å². The van der Waals surface area contributed by atoms with Gasteiger partial charge >= 0.3 is 0 Å². The molecular formula is C13H27N4O2-. The zero-order valence-electron chi connectivity index (χ0n) is 12.8. The highest BCUT2D eigenvalue weighted by atomic mass is 16.4. The number of hydrogen-bond acceptors (Lipinski definition) is 6. The molecular weight excluding hydrogens is 244 g/mol. The minimum atomic E-state index is -0.0186. The average Bonchev–Trinajstić information content (AvgIpc) is 2.40. The monoisotopic (exact) mass is 271 g/mol. The lowest BCUT2D eigenvalue weighted by molar-refractivity contribution is 0.303. The first-order valence-electron chi connectivity index (χ1n) is 6.55. The van der Waals surface area contributed by atoms with Gasteiger partial charge in [0.1, 0.15) is 0 Å². The smallest absolute Gasteiger partial charge is 0.0706 e. The quantitative estimate of drug-likeness (QED) is 0.356.